The molecule has 2 N–H and O–H groups in total. The Morgan fingerprint density at radius 2 is 2.35 bits per heavy atom. The van der Waals surface area contributed by atoms with Crippen molar-refractivity contribution in [1.82, 2.24) is 24.6 Å². The Labute approximate surface area is 112 Å². The molecule has 0 unspecified atom stereocenters. The van der Waals surface area contributed by atoms with Gasteiger partial charge in [0.05, 0.1) is 5.69 Å². The Bertz CT molecular complexity index is 764. The van der Waals surface area contributed by atoms with Gasteiger partial charge in [-0.2, -0.15) is 10.1 Å². The predicted octanol–water partition coefficient (Wildman–Crippen LogP) is 1.41. The van der Waals surface area contributed by atoms with Gasteiger partial charge in [-0.3, -0.25) is 14.5 Å². The number of H-pyrrole nitrogens is 1. The molecule has 0 aliphatic carbocycles. The normalized spacial score (nSPS) is 10.9. The lowest BCUT2D eigenvalue weighted by Gasteiger charge is -2.03. The van der Waals surface area contributed by atoms with E-state index in [1.54, 1.807) is 0 Å². The van der Waals surface area contributed by atoms with Gasteiger partial charge in [-0.05, 0) is 18.6 Å². The molecule has 1 amide bonds. The number of aryl methyl sites for hydroxylation is 1. The first-order valence-electron chi connectivity index (χ1n) is 6.02. The number of amides is 1. The summed E-state index contributed by atoms with van der Waals surface area (Å²) in [6, 6.07) is 2.83. The summed E-state index contributed by atoms with van der Waals surface area (Å²) in [4.78, 5) is 20.4. The molecule has 0 bridgehead atoms. The van der Waals surface area contributed by atoms with Crippen molar-refractivity contribution < 1.29 is 9.18 Å². The second kappa shape index (κ2) is 4.72. The highest BCUT2D eigenvalue weighted by molar-refractivity contribution is 6.03. The number of nitrogens with one attached hydrogen (secondary N) is 2. The highest BCUT2D eigenvalue weighted by Gasteiger charge is 2.19. The van der Waals surface area contributed by atoms with Crippen LogP contribution in [-0.2, 0) is 6.42 Å². The number of pyridine rings is 1. The third kappa shape index (κ3) is 2.00. The smallest absolute Gasteiger partial charge is 0.276 e. The lowest BCUT2D eigenvalue weighted by molar-refractivity contribution is 0.101. The maximum Gasteiger partial charge on any atom is 0.276 e. The molecule has 102 valence electrons. The fourth-order valence-electron chi connectivity index (χ4n) is 1.99. The summed E-state index contributed by atoms with van der Waals surface area (Å²) in [5.41, 5.74) is 1.40. The van der Waals surface area contributed by atoms with Gasteiger partial charge >= 0.3 is 0 Å². The number of hydrogen-bond acceptors (Lipinski definition) is 4. The van der Waals surface area contributed by atoms with Gasteiger partial charge in [-0.25, -0.2) is 14.5 Å². The van der Waals surface area contributed by atoms with Gasteiger partial charge in [0.1, 0.15) is 23.5 Å². The molecule has 0 aliphatic heterocycles. The van der Waals surface area contributed by atoms with Crippen molar-refractivity contribution in [1.29, 1.82) is 0 Å². The lowest BCUT2D eigenvalue weighted by Crippen LogP contribution is -2.17. The van der Waals surface area contributed by atoms with Crippen LogP contribution >= 0.6 is 0 Å². The molecule has 7 nitrogen and oxygen atoms in total. The number of rotatable bonds is 3. The largest absolute Gasteiger partial charge is 0.292 e. The van der Waals surface area contributed by atoms with Gasteiger partial charge in [0.25, 0.3) is 5.91 Å². The summed E-state index contributed by atoms with van der Waals surface area (Å²) >= 11 is 0. The standard InChI is InChI=1S/C12H11FN6O/c1-2-8-10(11(20)17-12-14-6-15-18-12)19-5-7(13)3-4-9(19)16-8/h3-6H,2H2,1H3,(H2,14,15,17,18,20). The number of halogens is 1. The zero-order valence-electron chi connectivity index (χ0n) is 10.6. The number of carbonyl (C=O) groups excluding carboxylic acids is 1. The first-order valence-corrected chi connectivity index (χ1v) is 6.02. The fourth-order valence-corrected chi connectivity index (χ4v) is 1.99. The van der Waals surface area contributed by atoms with E-state index in [4.69, 9.17) is 0 Å². The van der Waals surface area contributed by atoms with Gasteiger partial charge in [0.2, 0.25) is 5.95 Å². The predicted molar refractivity (Wildman–Crippen MR) is 68.9 cm³/mol. The van der Waals surface area contributed by atoms with E-state index in [1.807, 2.05) is 6.92 Å². The number of aromatic amines is 1. The minimum Gasteiger partial charge on any atom is -0.292 e. The molecule has 0 radical (unpaired) electrons. The number of nitrogens with zero attached hydrogens (tertiary/aromatic N) is 4. The fraction of sp³-hybridized carbons (Fsp3) is 0.167. The minimum atomic E-state index is -0.439. The van der Waals surface area contributed by atoms with E-state index in [-0.39, 0.29) is 5.95 Å². The monoisotopic (exact) mass is 274 g/mol. The van der Waals surface area contributed by atoms with E-state index < -0.39 is 11.7 Å². The van der Waals surface area contributed by atoms with E-state index in [1.165, 1.54) is 29.1 Å². The van der Waals surface area contributed by atoms with Crippen LogP contribution in [-0.4, -0.2) is 30.5 Å². The molecule has 8 heteroatoms. The number of imidazole rings is 1. The quantitative estimate of drug-likeness (QED) is 0.755. The van der Waals surface area contributed by atoms with Crippen molar-refractivity contribution in [3.05, 3.63) is 41.9 Å². The second-order valence-electron chi connectivity index (χ2n) is 4.12. The number of anilines is 1. The molecule has 0 atom stereocenters. The Hall–Kier alpha value is -2.77. The Balaban J connectivity index is 2.08. The first kappa shape index (κ1) is 12.3. The third-order valence-corrected chi connectivity index (χ3v) is 2.85. The van der Waals surface area contributed by atoms with Crippen LogP contribution in [0.1, 0.15) is 23.1 Å². The first-order chi connectivity index (χ1) is 9.69. The Morgan fingerprint density at radius 1 is 1.50 bits per heavy atom. The van der Waals surface area contributed by atoms with Crippen molar-refractivity contribution in [3.63, 3.8) is 0 Å². The maximum absolute atomic E-state index is 13.4. The minimum absolute atomic E-state index is 0.225. The van der Waals surface area contributed by atoms with Crippen LogP contribution in [0.2, 0.25) is 0 Å². The van der Waals surface area contributed by atoms with E-state index in [9.17, 15) is 9.18 Å². The van der Waals surface area contributed by atoms with Gasteiger partial charge < -0.3 is 0 Å². The zero-order valence-corrected chi connectivity index (χ0v) is 10.6. The van der Waals surface area contributed by atoms with E-state index in [2.05, 4.69) is 25.5 Å². The Morgan fingerprint density at radius 3 is 3.05 bits per heavy atom. The molecular formula is C12H11FN6O. The molecule has 0 saturated heterocycles. The SMILES string of the molecule is CCc1nc2ccc(F)cn2c1C(=O)Nc1ncn[nH]1. The van der Waals surface area contributed by atoms with Crippen LogP contribution < -0.4 is 5.32 Å². The number of carbonyl (C=O) groups is 1. The number of aromatic nitrogens is 5. The van der Waals surface area contributed by atoms with Crippen LogP contribution in [0.3, 0.4) is 0 Å². The molecule has 20 heavy (non-hydrogen) atoms. The summed E-state index contributed by atoms with van der Waals surface area (Å²) < 4.78 is 14.8. The average Bonchev–Trinajstić information content (AvgIpc) is 3.04. The number of hydrogen-bond donors (Lipinski definition) is 2. The molecule has 0 saturated carbocycles. The van der Waals surface area contributed by atoms with Crippen molar-refractivity contribution in [2.75, 3.05) is 5.32 Å². The van der Waals surface area contributed by atoms with Crippen molar-refractivity contribution in [2.24, 2.45) is 0 Å². The highest BCUT2D eigenvalue weighted by Crippen LogP contribution is 2.15. The van der Waals surface area contributed by atoms with Gasteiger partial charge in [0, 0.05) is 6.20 Å². The molecule has 3 heterocycles. The summed E-state index contributed by atoms with van der Waals surface area (Å²) in [6.07, 6.45) is 3.07. The van der Waals surface area contributed by atoms with Crippen LogP contribution in [0.15, 0.2) is 24.7 Å². The van der Waals surface area contributed by atoms with Gasteiger partial charge in [0.15, 0.2) is 0 Å². The van der Waals surface area contributed by atoms with E-state index in [0.717, 1.165) is 0 Å². The third-order valence-electron chi connectivity index (χ3n) is 2.85. The van der Waals surface area contributed by atoms with Crippen LogP contribution in [0, 0.1) is 5.82 Å². The summed E-state index contributed by atoms with van der Waals surface area (Å²) in [6.45, 7) is 1.88. The Kier molecular flexibility index (Phi) is 2.90. The zero-order chi connectivity index (χ0) is 14.1. The molecule has 0 spiro atoms. The van der Waals surface area contributed by atoms with E-state index >= 15 is 0 Å². The molecule has 0 aromatic carbocycles. The molecular weight excluding hydrogens is 263 g/mol. The van der Waals surface area contributed by atoms with Crippen molar-refractivity contribution >= 4 is 17.5 Å². The van der Waals surface area contributed by atoms with Crippen LogP contribution in [0.25, 0.3) is 5.65 Å². The van der Waals surface area contributed by atoms with Gasteiger partial charge in [-0.15, -0.1) is 0 Å². The topological polar surface area (TPSA) is 88.0 Å². The van der Waals surface area contributed by atoms with E-state index in [0.29, 0.717) is 23.5 Å². The molecule has 3 aromatic rings. The summed E-state index contributed by atoms with van der Waals surface area (Å²) in [7, 11) is 0. The molecule has 0 fully saturated rings. The van der Waals surface area contributed by atoms with Crippen LogP contribution in [0.5, 0.6) is 0 Å². The molecule has 3 rings (SSSR count). The summed E-state index contributed by atoms with van der Waals surface area (Å²) in [5.74, 6) is -0.633. The lowest BCUT2D eigenvalue weighted by atomic mass is 10.2. The van der Waals surface area contributed by atoms with Crippen LogP contribution in [0.4, 0.5) is 10.3 Å². The van der Waals surface area contributed by atoms with Crippen molar-refractivity contribution in [3.8, 4) is 0 Å². The highest BCUT2D eigenvalue weighted by atomic mass is 19.1. The second-order valence-corrected chi connectivity index (χ2v) is 4.12. The number of fused-ring (bicyclic) bond motifs is 1. The van der Waals surface area contributed by atoms with Crippen molar-refractivity contribution in [2.45, 2.75) is 13.3 Å². The average molecular weight is 274 g/mol. The maximum atomic E-state index is 13.4. The summed E-state index contributed by atoms with van der Waals surface area (Å²) in [5, 5.41) is 8.73. The molecule has 0 aliphatic rings. The van der Waals surface area contributed by atoms with Gasteiger partial charge in [-0.1, -0.05) is 6.92 Å². The molecule has 3 aromatic heterocycles.